The van der Waals surface area contributed by atoms with Gasteiger partial charge in [-0.25, -0.2) is 0 Å². The van der Waals surface area contributed by atoms with E-state index in [4.69, 9.17) is 11.6 Å². The lowest BCUT2D eigenvalue weighted by Gasteiger charge is -2.08. The van der Waals surface area contributed by atoms with Crippen molar-refractivity contribution in [2.45, 2.75) is 39.0 Å². The van der Waals surface area contributed by atoms with Crippen LogP contribution in [0.1, 0.15) is 49.4 Å². The van der Waals surface area contributed by atoms with Gasteiger partial charge in [0.05, 0.1) is 0 Å². The Bertz CT molecular complexity index is 697. The normalized spacial score (nSPS) is 10.3. The number of amides is 2. The molecule has 0 aliphatic heterocycles. The molecular formula is C20H23ClN2O2. The van der Waals surface area contributed by atoms with Gasteiger partial charge in [-0.05, 0) is 55.0 Å². The fraction of sp³-hybridized carbons (Fsp3) is 0.300. The Hall–Kier alpha value is -2.33. The Morgan fingerprint density at radius 1 is 0.840 bits per heavy atom. The van der Waals surface area contributed by atoms with E-state index in [1.165, 1.54) is 0 Å². The quantitative estimate of drug-likeness (QED) is 0.612. The second-order valence-electron chi connectivity index (χ2n) is 5.90. The van der Waals surface area contributed by atoms with Crippen molar-refractivity contribution in [1.29, 1.82) is 0 Å². The molecule has 0 radical (unpaired) electrons. The van der Waals surface area contributed by atoms with Gasteiger partial charge in [0, 0.05) is 28.4 Å². The number of halogens is 1. The molecule has 2 amide bonds. The van der Waals surface area contributed by atoms with Crippen LogP contribution in [0.5, 0.6) is 0 Å². The smallest absolute Gasteiger partial charge is 0.255 e. The van der Waals surface area contributed by atoms with Crippen molar-refractivity contribution in [1.82, 2.24) is 0 Å². The molecule has 5 heteroatoms. The van der Waals surface area contributed by atoms with Crippen molar-refractivity contribution in [2.75, 3.05) is 10.6 Å². The van der Waals surface area contributed by atoms with Gasteiger partial charge in [0.2, 0.25) is 5.91 Å². The fourth-order valence-electron chi connectivity index (χ4n) is 2.38. The standard InChI is InChI=1S/C20H23ClN2O2/c1-2-3-4-5-6-19(24)22-17-11-13-18(14-12-17)23-20(25)15-7-9-16(21)10-8-15/h7-14H,2-6H2,1H3,(H,22,24)(H,23,25). The van der Waals surface area contributed by atoms with Crippen LogP contribution >= 0.6 is 11.6 Å². The van der Waals surface area contributed by atoms with Crippen LogP contribution in [-0.4, -0.2) is 11.8 Å². The molecule has 0 heterocycles. The van der Waals surface area contributed by atoms with Crippen molar-refractivity contribution >= 4 is 34.8 Å². The first-order valence-electron chi connectivity index (χ1n) is 8.55. The highest BCUT2D eigenvalue weighted by Gasteiger charge is 2.06. The van der Waals surface area contributed by atoms with Gasteiger partial charge in [-0.15, -0.1) is 0 Å². The van der Waals surface area contributed by atoms with Crippen molar-refractivity contribution < 1.29 is 9.59 Å². The molecule has 0 fully saturated rings. The second-order valence-corrected chi connectivity index (χ2v) is 6.33. The van der Waals surface area contributed by atoms with Crippen LogP contribution < -0.4 is 10.6 Å². The molecular weight excluding hydrogens is 336 g/mol. The van der Waals surface area contributed by atoms with Gasteiger partial charge in [0.25, 0.3) is 5.91 Å². The Morgan fingerprint density at radius 3 is 2.04 bits per heavy atom. The number of rotatable bonds is 8. The van der Waals surface area contributed by atoms with E-state index < -0.39 is 0 Å². The van der Waals surface area contributed by atoms with Gasteiger partial charge in [-0.3, -0.25) is 9.59 Å². The molecule has 4 nitrogen and oxygen atoms in total. The highest BCUT2D eigenvalue weighted by molar-refractivity contribution is 6.30. The van der Waals surface area contributed by atoms with Gasteiger partial charge < -0.3 is 10.6 Å². The average molecular weight is 359 g/mol. The third kappa shape index (κ3) is 6.59. The predicted octanol–water partition coefficient (Wildman–Crippen LogP) is 5.50. The number of carbonyl (C=O) groups is 2. The number of unbranched alkanes of at least 4 members (excludes halogenated alkanes) is 3. The number of carbonyl (C=O) groups excluding carboxylic acids is 2. The van der Waals surface area contributed by atoms with E-state index in [9.17, 15) is 9.59 Å². The van der Waals surface area contributed by atoms with Crippen molar-refractivity contribution in [3.05, 3.63) is 59.1 Å². The van der Waals surface area contributed by atoms with Crippen LogP contribution in [0, 0.1) is 0 Å². The minimum absolute atomic E-state index is 0.0223. The Labute approximate surface area is 153 Å². The lowest BCUT2D eigenvalue weighted by molar-refractivity contribution is -0.116. The highest BCUT2D eigenvalue weighted by atomic mass is 35.5. The molecule has 0 bridgehead atoms. The SMILES string of the molecule is CCCCCCC(=O)Nc1ccc(NC(=O)c2ccc(Cl)cc2)cc1. The summed E-state index contributed by atoms with van der Waals surface area (Å²) in [5.74, 6) is -0.182. The lowest BCUT2D eigenvalue weighted by atomic mass is 10.1. The fourth-order valence-corrected chi connectivity index (χ4v) is 2.50. The summed E-state index contributed by atoms with van der Waals surface area (Å²) in [6, 6.07) is 13.8. The van der Waals surface area contributed by atoms with E-state index >= 15 is 0 Å². The van der Waals surface area contributed by atoms with Crippen molar-refractivity contribution in [3.8, 4) is 0 Å². The number of hydrogen-bond acceptors (Lipinski definition) is 2. The summed E-state index contributed by atoms with van der Waals surface area (Å²) in [5, 5.41) is 6.27. The largest absolute Gasteiger partial charge is 0.326 e. The molecule has 0 aromatic heterocycles. The summed E-state index contributed by atoms with van der Waals surface area (Å²) < 4.78 is 0. The third-order valence-corrected chi connectivity index (χ3v) is 4.04. The maximum Gasteiger partial charge on any atom is 0.255 e. The molecule has 0 atom stereocenters. The zero-order chi connectivity index (χ0) is 18.1. The van der Waals surface area contributed by atoms with Crippen molar-refractivity contribution in [3.63, 3.8) is 0 Å². The van der Waals surface area contributed by atoms with Crippen LogP contribution in [0.3, 0.4) is 0 Å². The zero-order valence-corrected chi connectivity index (χ0v) is 15.1. The molecule has 132 valence electrons. The number of hydrogen-bond donors (Lipinski definition) is 2. The van der Waals surface area contributed by atoms with E-state index in [2.05, 4.69) is 17.6 Å². The molecule has 0 saturated carbocycles. The first kappa shape index (κ1) is 19.0. The number of nitrogens with one attached hydrogen (secondary N) is 2. The van der Waals surface area contributed by atoms with Crippen LogP contribution in [-0.2, 0) is 4.79 Å². The number of benzene rings is 2. The maximum atomic E-state index is 12.1. The summed E-state index contributed by atoms with van der Waals surface area (Å²) >= 11 is 5.82. The summed E-state index contributed by atoms with van der Waals surface area (Å²) in [5.41, 5.74) is 1.93. The predicted molar refractivity (Wildman–Crippen MR) is 103 cm³/mol. The topological polar surface area (TPSA) is 58.2 Å². The van der Waals surface area contributed by atoms with Crippen LogP contribution in [0.25, 0.3) is 0 Å². The molecule has 0 aliphatic carbocycles. The van der Waals surface area contributed by atoms with Gasteiger partial charge in [0.15, 0.2) is 0 Å². The van der Waals surface area contributed by atoms with E-state index in [1.54, 1.807) is 48.5 Å². The molecule has 25 heavy (non-hydrogen) atoms. The summed E-state index contributed by atoms with van der Waals surface area (Å²) in [6.45, 7) is 2.15. The van der Waals surface area contributed by atoms with Gasteiger partial charge in [-0.1, -0.05) is 37.8 Å². The van der Waals surface area contributed by atoms with Crippen LogP contribution in [0.2, 0.25) is 5.02 Å². The van der Waals surface area contributed by atoms with E-state index in [0.717, 1.165) is 31.4 Å². The number of anilines is 2. The minimum atomic E-state index is -0.204. The summed E-state index contributed by atoms with van der Waals surface area (Å²) in [4.78, 5) is 24.0. The van der Waals surface area contributed by atoms with E-state index in [-0.39, 0.29) is 11.8 Å². The first-order valence-corrected chi connectivity index (χ1v) is 8.93. The molecule has 0 unspecified atom stereocenters. The van der Waals surface area contributed by atoms with Gasteiger partial charge in [-0.2, -0.15) is 0 Å². The molecule has 2 aromatic rings. The first-order chi connectivity index (χ1) is 12.1. The summed E-state index contributed by atoms with van der Waals surface area (Å²) in [7, 11) is 0. The molecule has 0 aliphatic rings. The van der Waals surface area contributed by atoms with Crippen molar-refractivity contribution in [2.24, 2.45) is 0 Å². The molecule has 0 saturated heterocycles. The molecule has 0 spiro atoms. The Morgan fingerprint density at radius 2 is 1.44 bits per heavy atom. The van der Waals surface area contributed by atoms with Crippen LogP contribution in [0.15, 0.2) is 48.5 Å². The molecule has 2 aromatic carbocycles. The van der Waals surface area contributed by atoms with Gasteiger partial charge >= 0.3 is 0 Å². The third-order valence-electron chi connectivity index (χ3n) is 3.79. The maximum absolute atomic E-state index is 12.1. The monoisotopic (exact) mass is 358 g/mol. The Balaban J connectivity index is 1.84. The zero-order valence-electron chi connectivity index (χ0n) is 14.3. The lowest BCUT2D eigenvalue weighted by Crippen LogP contribution is -2.13. The van der Waals surface area contributed by atoms with E-state index in [0.29, 0.717) is 22.7 Å². The minimum Gasteiger partial charge on any atom is -0.326 e. The second kappa shape index (κ2) is 9.84. The average Bonchev–Trinajstić information content (AvgIpc) is 2.61. The van der Waals surface area contributed by atoms with Crippen LogP contribution in [0.4, 0.5) is 11.4 Å². The highest BCUT2D eigenvalue weighted by Crippen LogP contribution is 2.16. The van der Waals surface area contributed by atoms with E-state index in [1.807, 2.05) is 0 Å². The molecule has 2 N–H and O–H groups in total. The summed E-state index contributed by atoms with van der Waals surface area (Å²) in [6.07, 6.45) is 4.85. The Kier molecular flexibility index (Phi) is 7.48. The van der Waals surface area contributed by atoms with Gasteiger partial charge in [0.1, 0.15) is 0 Å². The molecule has 2 rings (SSSR count).